The third-order valence-corrected chi connectivity index (χ3v) is 3.62. The maximum atomic E-state index is 13.7. The van der Waals surface area contributed by atoms with Gasteiger partial charge in [0.15, 0.2) is 0 Å². The number of nitro benzene ring substituents is 1. The summed E-state index contributed by atoms with van der Waals surface area (Å²) in [6.07, 6.45) is -0.0588. The van der Waals surface area contributed by atoms with Gasteiger partial charge >= 0.3 is 0 Å². The van der Waals surface area contributed by atoms with Crippen LogP contribution in [0.15, 0.2) is 18.2 Å². The van der Waals surface area contributed by atoms with E-state index in [1.165, 1.54) is 0 Å². The van der Waals surface area contributed by atoms with E-state index in [2.05, 4.69) is 5.32 Å². The lowest BCUT2D eigenvalue weighted by Crippen LogP contribution is -2.47. The summed E-state index contributed by atoms with van der Waals surface area (Å²) in [6, 6.07) is 2.78. The minimum Gasteiger partial charge on any atom is -0.385 e. The van der Waals surface area contributed by atoms with Gasteiger partial charge in [-0.05, 0) is 13.0 Å². The fourth-order valence-corrected chi connectivity index (χ4v) is 2.13. The Morgan fingerprint density at radius 3 is 2.90 bits per heavy atom. The van der Waals surface area contributed by atoms with E-state index < -0.39 is 34.0 Å². The second-order valence-corrected chi connectivity index (χ2v) is 4.97. The number of carbonyl (C=O) groups is 1. The van der Waals surface area contributed by atoms with Gasteiger partial charge in [-0.1, -0.05) is 0 Å². The summed E-state index contributed by atoms with van der Waals surface area (Å²) >= 11 is 0. The number of amides is 1. The maximum absolute atomic E-state index is 13.7. The molecule has 7 nitrogen and oxygen atoms in total. The zero-order valence-electron chi connectivity index (χ0n) is 11.3. The monoisotopic (exact) mass is 298 g/mol. The number of nitro groups is 1. The summed E-state index contributed by atoms with van der Waals surface area (Å²) in [5, 5.41) is 23.1. The van der Waals surface area contributed by atoms with E-state index in [1.54, 1.807) is 6.92 Å². The van der Waals surface area contributed by atoms with E-state index in [9.17, 15) is 24.4 Å². The molecule has 1 aliphatic heterocycles. The first-order chi connectivity index (χ1) is 9.83. The summed E-state index contributed by atoms with van der Waals surface area (Å²) in [5.41, 5.74) is -1.93. The van der Waals surface area contributed by atoms with E-state index >= 15 is 0 Å². The molecule has 1 amide bonds. The average molecular weight is 298 g/mol. The van der Waals surface area contributed by atoms with Gasteiger partial charge in [-0.25, -0.2) is 4.39 Å². The number of aliphatic hydroxyl groups is 1. The predicted octanol–water partition coefficient (Wildman–Crippen LogP) is 1.00. The van der Waals surface area contributed by atoms with Crippen LogP contribution in [0.3, 0.4) is 0 Å². The van der Waals surface area contributed by atoms with Crippen LogP contribution in [0.1, 0.15) is 23.7 Å². The van der Waals surface area contributed by atoms with Crippen molar-refractivity contribution in [2.24, 2.45) is 0 Å². The molecule has 21 heavy (non-hydrogen) atoms. The molecule has 2 atom stereocenters. The Hall–Kier alpha value is -2.06. The molecule has 0 bridgehead atoms. The predicted molar refractivity (Wildman–Crippen MR) is 70.4 cm³/mol. The lowest BCUT2D eigenvalue weighted by Gasteiger charge is -2.26. The van der Waals surface area contributed by atoms with Crippen molar-refractivity contribution in [3.05, 3.63) is 39.7 Å². The number of hydrogen-bond donors (Lipinski definition) is 2. The van der Waals surface area contributed by atoms with Gasteiger partial charge in [-0.15, -0.1) is 0 Å². The Labute approximate surface area is 119 Å². The highest BCUT2D eigenvalue weighted by Crippen LogP contribution is 2.25. The molecule has 0 aromatic heterocycles. The lowest BCUT2D eigenvalue weighted by molar-refractivity contribution is -0.385. The summed E-state index contributed by atoms with van der Waals surface area (Å²) in [7, 11) is 0. The zero-order chi connectivity index (χ0) is 15.6. The highest BCUT2D eigenvalue weighted by molar-refractivity contribution is 5.94. The number of non-ortho nitro benzene ring substituents is 1. The van der Waals surface area contributed by atoms with Gasteiger partial charge in [0.1, 0.15) is 11.4 Å². The topological polar surface area (TPSA) is 102 Å². The van der Waals surface area contributed by atoms with Gasteiger partial charge in [0.2, 0.25) is 0 Å². The minimum absolute atomic E-state index is 0.0799. The molecule has 1 aromatic rings. The highest BCUT2D eigenvalue weighted by Gasteiger charge is 2.39. The van der Waals surface area contributed by atoms with Gasteiger partial charge in [-0.2, -0.15) is 0 Å². The van der Waals surface area contributed by atoms with Crippen LogP contribution in [-0.4, -0.2) is 40.8 Å². The summed E-state index contributed by atoms with van der Waals surface area (Å²) in [6.45, 7) is 1.99. The Morgan fingerprint density at radius 1 is 1.67 bits per heavy atom. The van der Waals surface area contributed by atoms with Crippen LogP contribution >= 0.6 is 0 Å². The normalized spacial score (nSPS) is 24.8. The van der Waals surface area contributed by atoms with E-state index in [1.807, 2.05) is 0 Å². The minimum atomic E-state index is -1.19. The molecule has 0 saturated carbocycles. The van der Waals surface area contributed by atoms with Crippen molar-refractivity contribution in [2.45, 2.75) is 25.0 Å². The smallest absolute Gasteiger partial charge is 0.272 e. The van der Waals surface area contributed by atoms with Crippen molar-refractivity contribution in [3.63, 3.8) is 0 Å². The van der Waals surface area contributed by atoms with Crippen LogP contribution in [0.4, 0.5) is 10.1 Å². The number of halogens is 1. The van der Waals surface area contributed by atoms with Crippen molar-refractivity contribution >= 4 is 11.6 Å². The first-order valence-electron chi connectivity index (χ1n) is 6.39. The number of rotatable bonds is 4. The van der Waals surface area contributed by atoms with Crippen LogP contribution < -0.4 is 5.32 Å². The van der Waals surface area contributed by atoms with Gasteiger partial charge in [0.05, 0.1) is 22.7 Å². The summed E-state index contributed by atoms with van der Waals surface area (Å²) in [4.78, 5) is 21.6. The van der Waals surface area contributed by atoms with Crippen LogP contribution in [-0.2, 0) is 4.74 Å². The van der Waals surface area contributed by atoms with Crippen LogP contribution in [0.5, 0.6) is 0 Å². The molecule has 1 aromatic carbocycles. The van der Waals surface area contributed by atoms with Gasteiger partial charge in [-0.3, -0.25) is 14.9 Å². The third-order valence-electron chi connectivity index (χ3n) is 3.62. The van der Waals surface area contributed by atoms with E-state index in [0.717, 1.165) is 12.1 Å². The molecule has 2 unspecified atom stereocenters. The van der Waals surface area contributed by atoms with Crippen LogP contribution in [0, 0.1) is 15.9 Å². The van der Waals surface area contributed by atoms with Crippen molar-refractivity contribution in [1.29, 1.82) is 0 Å². The SMILES string of the molecule is CC1OCCC1(O)CNC(=O)c1ccc([N+](=O)[O-])cc1F. The number of ether oxygens (including phenoxy) is 1. The van der Waals surface area contributed by atoms with Crippen LogP contribution in [0.25, 0.3) is 0 Å². The lowest BCUT2D eigenvalue weighted by atomic mass is 9.96. The number of hydrogen-bond acceptors (Lipinski definition) is 5. The van der Waals surface area contributed by atoms with Gasteiger partial charge < -0.3 is 15.2 Å². The number of nitrogens with zero attached hydrogens (tertiary/aromatic N) is 1. The Balaban J connectivity index is 2.05. The first-order valence-corrected chi connectivity index (χ1v) is 6.39. The second-order valence-electron chi connectivity index (χ2n) is 4.97. The maximum Gasteiger partial charge on any atom is 0.272 e. The van der Waals surface area contributed by atoms with E-state index in [4.69, 9.17) is 4.74 Å². The molecular weight excluding hydrogens is 283 g/mol. The Kier molecular flexibility index (Phi) is 4.19. The standard InChI is InChI=1S/C13H15FN2O5/c1-8-13(18,4-5-21-8)7-15-12(17)10-3-2-9(16(19)20)6-11(10)14/h2-3,6,8,18H,4-5,7H2,1H3,(H,15,17). The zero-order valence-corrected chi connectivity index (χ0v) is 11.3. The fraction of sp³-hybridized carbons (Fsp3) is 0.462. The second kappa shape index (κ2) is 5.74. The molecule has 1 fully saturated rings. The van der Waals surface area contributed by atoms with Crippen molar-refractivity contribution in [3.8, 4) is 0 Å². The molecule has 0 spiro atoms. The molecule has 0 radical (unpaired) electrons. The average Bonchev–Trinajstić information content (AvgIpc) is 2.76. The van der Waals surface area contributed by atoms with E-state index in [-0.39, 0.29) is 12.1 Å². The van der Waals surface area contributed by atoms with E-state index in [0.29, 0.717) is 19.1 Å². The van der Waals surface area contributed by atoms with Crippen molar-refractivity contribution < 1.29 is 24.0 Å². The molecule has 1 heterocycles. The molecule has 2 rings (SSSR count). The Morgan fingerprint density at radius 2 is 2.38 bits per heavy atom. The number of nitrogens with one attached hydrogen (secondary N) is 1. The molecule has 1 saturated heterocycles. The summed E-state index contributed by atoms with van der Waals surface area (Å²) < 4.78 is 18.9. The molecular formula is C13H15FN2O5. The van der Waals surface area contributed by atoms with Crippen molar-refractivity contribution in [1.82, 2.24) is 5.32 Å². The fourth-order valence-electron chi connectivity index (χ4n) is 2.13. The number of carbonyl (C=O) groups excluding carboxylic acids is 1. The largest absolute Gasteiger partial charge is 0.385 e. The van der Waals surface area contributed by atoms with Crippen LogP contribution in [0.2, 0.25) is 0 Å². The first kappa shape index (κ1) is 15.3. The highest BCUT2D eigenvalue weighted by atomic mass is 19.1. The molecule has 2 N–H and O–H groups in total. The molecule has 0 aliphatic carbocycles. The molecule has 8 heteroatoms. The summed E-state index contributed by atoms with van der Waals surface area (Å²) in [5.74, 6) is -1.72. The van der Waals surface area contributed by atoms with Crippen molar-refractivity contribution in [2.75, 3.05) is 13.2 Å². The third kappa shape index (κ3) is 3.17. The Bertz CT molecular complexity index is 580. The van der Waals surface area contributed by atoms with Gasteiger partial charge in [0.25, 0.3) is 11.6 Å². The molecule has 114 valence electrons. The number of benzene rings is 1. The van der Waals surface area contributed by atoms with Gasteiger partial charge in [0, 0.05) is 25.6 Å². The quantitative estimate of drug-likeness (QED) is 0.638. The molecule has 1 aliphatic rings.